The molecule has 0 amide bonds. The number of fused-ring (bicyclic) bond motifs is 2. The Morgan fingerprint density at radius 2 is 2.27 bits per heavy atom. The van der Waals surface area contributed by atoms with Crippen LogP contribution in [0.4, 0.5) is 0 Å². The number of ether oxygens (including phenoxy) is 1. The fourth-order valence-electron chi connectivity index (χ4n) is 3.40. The Kier molecular flexibility index (Phi) is 6.41. The maximum Gasteiger partial charge on any atom is 0.276 e. The van der Waals surface area contributed by atoms with Crippen LogP contribution in [0.15, 0.2) is 33.9 Å². The van der Waals surface area contributed by atoms with Gasteiger partial charge in [0.2, 0.25) is 0 Å². The first-order valence-corrected chi connectivity index (χ1v) is 8.68. The van der Waals surface area contributed by atoms with Crippen LogP contribution in [0.2, 0.25) is 0 Å². The number of halogens is 1. The van der Waals surface area contributed by atoms with E-state index in [0.29, 0.717) is 48.6 Å². The topological polar surface area (TPSA) is 97.5 Å². The largest absolute Gasteiger partial charge is 0.373 e. The van der Waals surface area contributed by atoms with Crippen LogP contribution in [0.3, 0.4) is 0 Å². The van der Waals surface area contributed by atoms with E-state index in [4.69, 9.17) is 9.26 Å². The van der Waals surface area contributed by atoms with Crippen molar-refractivity contribution in [3.05, 3.63) is 30.2 Å². The molecule has 2 saturated heterocycles. The Hall–Kier alpha value is -1.75. The maximum absolute atomic E-state index is 5.87. The van der Waals surface area contributed by atoms with Crippen LogP contribution >= 0.6 is 24.0 Å². The van der Waals surface area contributed by atoms with Crippen molar-refractivity contribution < 1.29 is 9.26 Å². The molecule has 8 nitrogen and oxygen atoms in total. The van der Waals surface area contributed by atoms with Crippen molar-refractivity contribution in [2.45, 2.75) is 43.9 Å². The van der Waals surface area contributed by atoms with Gasteiger partial charge in [0.15, 0.2) is 11.8 Å². The Bertz CT molecular complexity index is 738. The molecule has 0 saturated carbocycles. The molecule has 2 aliphatic heterocycles. The lowest BCUT2D eigenvalue weighted by molar-refractivity contribution is 0.0992. The fraction of sp³-hybridized carbons (Fsp3) is 0.529. The Morgan fingerprint density at radius 3 is 2.96 bits per heavy atom. The fourth-order valence-corrected chi connectivity index (χ4v) is 3.40. The number of aromatic nitrogens is 3. The van der Waals surface area contributed by atoms with Crippen LogP contribution < -0.4 is 10.6 Å². The van der Waals surface area contributed by atoms with E-state index in [1.54, 1.807) is 13.2 Å². The molecule has 3 atom stereocenters. The highest BCUT2D eigenvalue weighted by Gasteiger charge is 2.41. The zero-order valence-electron chi connectivity index (χ0n) is 14.6. The van der Waals surface area contributed by atoms with Crippen LogP contribution in [0.1, 0.15) is 25.1 Å². The lowest BCUT2D eigenvalue weighted by Gasteiger charge is -2.22. The molecule has 2 aromatic rings. The molecular weight excluding hydrogens is 447 g/mol. The van der Waals surface area contributed by atoms with Gasteiger partial charge in [-0.15, -0.1) is 24.0 Å². The van der Waals surface area contributed by atoms with Gasteiger partial charge in [0.05, 0.1) is 18.2 Å². The smallest absolute Gasteiger partial charge is 0.276 e. The summed E-state index contributed by atoms with van der Waals surface area (Å²) in [5, 5.41) is 10.8. The van der Waals surface area contributed by atoms with E-state index in [-0.39, 0.29) is 24.0 Å². The third-order valence-corrected chi connectivity index (χ3v) is 4.64. The monoisotopic (exact) mass is 470 g/mol. The highest BCUT2D eigenvalue weighted by molar-refractivity contribution is 14.0. The first kappa shape index (κ1) is 19.0. The third-order valence-electron chi connectivity index (χ3n) is 4.64. The molecular formula is C17H23IN6O2. The minimum Gasteiger partial charge on any atom is -0.373 e. The summed E-state index contributed by atoms with van der Waals surface area (Å²) in [5.74, 6) is 1.87. The van der Waals surface area contributed by atoms with Crippen molar-refractivity contribution in [3.8, 4) is 11.6 Å². The lowest BCUT2D eigenvalue weighted by atomic mass is 9.96. The molecule has 2 aliphatic rings. The van der Waals surface area contributed by atoms with Crippen molar-refractivity contribution in [2.75, 3.05) is 13.6 Å². The van der Waals surface area contributed by atoms with Gasteiger partial charge >= 0.3 is 0 Å². The molecule has 9 heteroatoms. The summed E-state index contributed by atoms with van der Waals surface area (Å²) >= 11 is 0. The first-order chi connectivity index (χ1) is 12.3. The van der Waals surface area contributed by atoms with Crippen molar-refractivity contribution in [1.29, 1.82) is 0 Å². The quantitative estimate of drug-likeness (QED) is 0.391. The highest BCUT2D eigenvalue weighted by Crippen LogP contribution is 2.34. The van der Waals surface area contributed by atoms with Gasteiger partial charge in [-0.05, 0) is 31.4 Å². The second kappa shape index (κ2) is 8.76. The Balaban J connectivity index is 0.00000196. The number of rotatable bonds is 5. The van der Waals surface area contributed by atoms with Gasteiger partial charge in [-0.3, -0.25) is 9.98 Å². The second-order valence-electron chi connectivity index (χ2n) is 6.34. The summed E-state index contributed by atoms with van der Waals surface area (Å²) in [6.45, 7) is 0.669. The zero-order valence-corrected chi connectivity index (χ0v) is 16.9. The number of pyridine rings is 1. The van der Waals surface area contributed by atoms with Gasteiger partial charge in [-0.1, -0.05) is 11.2 Å². The van der Waals surface area contributed by atoms with E-state index in [2.05, 4.69) is 30.8 Å². The normalized spacial score (nSPS) is 24.3. The maximum atomic E-state index is 5.87. The molecule has 26 heavy (non-hydrogen) atoms. The van der Waals surface area contributed by atoms with E-state index in [0.717, 1.165) is 18.8 Å². The van der Waals surface area contributed by atoms with E-state index < -0.39 is 0 Å². The highest BCUT2D eigenvalue weighted by atomic mass is 127. The molecule has 2 bridgehead atoms. The predicted molar refractivity (Wildman–Crippen MR) is 107 cm³/mol. The van der Waals surface area contributed by atoms with Crippen molar-refractivity contribution >= 4 is 29.9 Å². The summed E-state index contributed by atoms with van der Waals surface area (Å²) in [6.07, 6.45) is 6.47. The van der Waals surface area contributed by atoms with Gasteiger partial charge < -0.3 is 19.9 Å². The second-order valence-corrected chi connectivity index (χ2v) is 6.34. The average molecular weight is 470 g/mol. The molecule has 4 heterocycles. The van der Waals surface area contributed by atoms with Crippen LogP contribution in [0.25, 0.3) is 11.6 Å². The predicted octanol–water partition coefficient (Wildman–Crippen LogP) is 1.78. The van der Waals surface area contributed by atoms with Crippen molar-refractivity contribution in [1.82, 2.24) is 25.8 Å². The summed E-state index contributed by atoms with van der Waals surface area (Å²) in [6, 6.07) is 5.94. The molecule has 2 aromatic heterocycles. The standard InChI is InChI=1S/C17H22N6O2.HI/c1-18-17(21-13-10-11-5-6-14(13)24-11)20-9-7-15-22-16(25-23-15)12-4-2-3-8-19-12;/h2-4,8,11,13-14H,5-7,9-10H2,1H3,(H2,18,20,21);1H. The zero-order chi connectivity index (χ0) is 17.1. The number of guanidine groups is 1. The van der Waals surface area contributed by atoms with Gasteiger partial charge in [0, 0.05) is 26.2 Å². The van der Waals surface area contributed by atoms with Crippen LogP contribution in [-0.4, -0.2) is 52.9 Å². The minimum atomic E-state index is 0. The molecule has 0 radical (unpaired) electrons. The first-order valence-electron chi connectivity index (χ1n) is 8.68. The Labute approximate surface area is 169 Å². The summed E-state index contributed by atoms with van der Waals surface area (Å²) < 4.78 is 11.1. The molecule has 2 N–H and O–H groups in total. The summed E-state index contributed by atoms with van der Waals surface area (Å²) in [7, 11) is 1.77. The summed E-state index contributed by atoms with van der Waals surface area (Å²) in [5.41, 5.74) is 0.683. The van der Waals surface area contributed by atoms with Crippen LogP contribution in [-0.2, 0) is 11.2 Å². The molecule has 3 unspecified atom stereocenters. The number of aliphatic imine (C=N–C) groups is 1. The number of nitrogens with one attached hydrogen (secondary N) is 2. The van der Waals surface area contributed by atoms with E-state index in [1.165, 1.54) is 6.42 Å². The molecule has 2 fully saturated rings. The third kappa shape index (κ3) is 4.32. The minimum absolute atomic E-state index is 0. The van der Waals surface area contributed by atoms with Gasteiger partial charge in [-0.2, -0.15) is 4.98 Å². The van der Waals surface area contributed by atoms with E-state index in [9.17, 15) is 0 Å². The van der Waals surface area contributed by atoms with Crippen molar-refractivity contribution in [3.63, 3.8) is 0 Å². The molecule has 4 rings (SSSR count). The Morgan fingerprint density at radius 1 is 1.35 bits per heavy atom. The molecule has 140 valence electrons. The number of nitrogens with zero attached hydrogens (tertiary/aromatic N) is 4. The van der Waals surface area contributed by atoms with Gasteiger partial charge in [-0.25, -0.2) is 0 Å². The average Bonchev–Trinajstić information content (AvgIpc) is 3.38. The SMILES string of the molecule is CN=C(NCCc1noc(-c2ccccn2)n1)NC1CC2CCC1O2.I. The van der Waals surface area contributed by atoms with Crippen LogP contribution in [0.5, 0.6) is 0 Å². The van der Waals surface area contributed by atoms with Crippen LogP contribution in [0, 0.1) is 0 Å². The number of hydrogen-bond acceptors (Lipinski definition) is 6. The molecule has 0 spiro atoms. The summed E-state index contributed by atoms with van der Waals surface area (Å²) in [4.78, 5) is 12.9. The van der Waals surface area contributed by atoms with E-state index in [1.807, 2.05) is 18.2 Å². The lowest BCUT2D eigenvalue weighted by Crippen LogP contribution is -2.47. The molecule has 0 aromatic carbocycles. The number of hydrogen-bond donors (Lipinski definition) is 2. The van der Waals surface area contributed by atoms with Crippen molar-refractivity contribution in [2.24, 2.45) is 4.99 Å². The van der Waals surface area contributed by atoms with Gasteiger partial charge in [0.25, 0.3) is 5.89 Å². The van der Waals surface area contributed by atoms with E-state index >= 15 is 0 Å². The molecule has 0 aliphatic carbocycles. The van der Waals surface area contributed by atoms with Gasteiger partial charge in [0.1, 0.15) is 5.69 Å².